The van der Waals surface area contributed by atoms with Crippen molar-refractivity contribution in [2.24, 2.45) is 5.41 Å². The van der Waals surface area contributed by atoms with E-state index in [2.05, 4.69) is 48.5 Å². The van der Waals surface area contributed by atoms with Crippen LogP contribution in [0.15, 0.2) is 72.8 Å². The van der Waals surface area contributed by atoms with Crippen molar-refractivity contribution in [1.82, 2.24) is 25.5 Å². The number of amides is 2. The summed E-state index contributed by atoms with van der Waals surface area (Å²) >= 11 is 0. The van der Waals surface area contributed by atoms with E-state index in [4.69, 9.17) is 9.72 Å². The fourth-order valence-electron chi connectivity index (χ4n) is 7.75. The zero-order chi connectivity index (χ0) is 32.0. The lowest BCUT2D eigenvalue weighted by molar-refractivity contribution is -0.121. The minimum absolute atomic E-state index is 0.00733. The lowest BCUT2D eigenvalue weighted by Crippen LogP contribution is -2.54. The zero-order valence-electron chi connectivity index (χ0n) is 26.6. The van der Waals surface area contributed by atoms with Crippen molar-refractivity contribution in [2.75, 3.05) is 31.2 Å². The van der Waals surface area contributed by atoms with Gasteiger partial charge in [-0.05, 0) is 40.7 Å². The number of aromatic amines is 1. The molecule has 3 aromatic carbocycles. The first kappa shape index (κ1) is 30.4. The number of fused-ring (bicyclic) bond motifs is 2. The van der Waals surface area contributed by atoms with E-state index in [9.17, 15) is 14.7 Å². The van der Waals surface area contributed by atoms with Crippen molar-refractivity contribution >= 4 is 28.7 Å². The molecule has 2 amide bonds. The molecule has 2 saturated heterocycles. The van der Waals surface area contributed by atoms with Crippen LogP contribution in [0.25, 0.3) is 11.0 Å². The van der Waals surface area contributed by atoms with Crippen molar-refractivity contribution in [3.8, 4) is 0 Å². The summed E-state index contributed by atoms with van der Waals surface area (Å²) in [6.07, 6.45) is -0.265. The molecule has 0 radical (unpaired) electrons. The van der Waals surface area contributed by atoms with Crippen LogP contribution in [0.5, 0.6) is 0 Å². The van der Waals surface area contributed by atoms with E-state index < -0.39 is 18.1 Å². The molecular formula is C36H42N6O4. The smallest absolute Gasteiger partial charge is 0.407 e. The second kappa shape index (κ2) is 12.2. The molecule has 2 fully saturated rings. The van der Waals surface area contributed by atoms with Crippen LogP contribution in [0.2, 0.25) is 0 Å². The van der Waals surface area contributed by atoms with Crippen LogP contribution in [0.1, 0.15) is 67.7 Å². The predicted octanol–water partition coefficient (Wildman–Crippen LogP) is 5.35. The number of H-pyrrole nitrogens is 1. The number of nitrogens with one attached hydrogen (secondary N) is 3. The molecule has 5 unspecified atom stereocenters. The van der Waals surface area contributed by atoms with Gasteiger partial charge in [0.15, 0.2) is 0 Å². The Morgan fingerprint density at radius 2 is 1.80 bits per heavy atom. The summed E-state index contributed by atoms with van der Waals surface area (Å²) < 4.78 is 5.77. The molecule has 7 rings (SSSR count). The fourth-order valence-corrected chi connectivity index (χ4v) is 7.75. The molecule has 4 heterocycles. The Labute approximate surface area is 269 Å². The number of ether oxygens (including phenoxy) is 1. The number of carbonyl (C=O) groups is 2. The highest BCUT2D eigenvalue weighted by Crippen LogP contribution is 2.45. The van der Waals surface area contributed by atoms with Crippen molar-refractivity contribution < 1.29 is 19.4 Å². The molecule has 3 aliphatic rings. The highest BCUT2D eigenvalue weighted by Gasteiger charge is 2.49. The number of carbonyl (C=O) groups excluding carboxylic acids is 1. The maximum Gasteiger partial charge on any atom is 0.407 e. The molecule has 4 N–H and O–H groups in total. The fraction of sp³-hybridized carbons (Fsp3) is 0.417. The summed E-state index contributed by atoms with van der Waals surface area (Å²) in [6.45, 7) is 9.10. The van der Waals surface area contributed by atoms with Gasteiger partial charge in [-0.2, -0.15) is 0 Å². The van der Waals surface area contributed by atoms with Crippen molar-refractivity contribution in [3.05, 3.63) is 95.3 Å². The van der Waals surface area contributed by atoms with E-state index in [0.29, 0.717) is 38.5 Å². The Hall–Kier alpha value is -4.25. The van der Waals surface area contributed by atoms with Gasteiger partial charge in [-0.1, -0.05) is 81.4 Å². The topological polar surface area (TPSA) is 123 Å². The zero-order valence-corrected chi connectivity index (χ0v) is 26.6. The second-order valence-corrected chi connectivity index (χ2v) is 13.7. The Morgan fingerprint density at radius 1 is 1.04 bits per heavy atom. The highest BCUT2D eigenvalue weighted by molar-refractivity contribution is 6.02. The third-order valence-electron chi connectivity index (χ3n) is 9.69. The van der Waals surface area contributed by atoms with Gasteiger partial charge in [0.1, 0.15) is 11.7 Å². The van der Waals surface area contributed by atoms with E-state index in [1.54, 1.807) is 4.90 Å². The first-order valence-electron chi connectivity index (χ1n) is 16.2. The maximum atomic E-state index is 14.9. The number of aromatic nitrogens is 2. The van der Waals surface area contributed by atoms with E-state index in [1.165, 1.54) is 0 Å². The number of rotatable bonds is 6. The molecule has 10 nitrogen and oxygen atoms in total. The van der Waals surface area contributed by atoms with E-state index in [1.807, 2.05) is 65.6 Å². The van der Waals surface area contributed by atoms with E-state index >= 15 is 0 Å². The third kappa shape index (κ3) is 5.55. The van der Waals surface area contributed by atoms with Crippen molar-refractivity contribution in [1.29, 1.82) is 0 Å². The number of para-hydroxylation sites is 2. The van der Waals surface area contributed by atoms with Gasteiger partial charge in [0, 0.05) is 24.8 Å². The van der Waals surface area contributed by atoms with Gasteiger partial charge >= 0.3 is 6.09 Å². The number of imidazole rings is 1. The summed E-state index contributed by atoms with van der Waals surface area (Å²) in [5.74, 6) is -0.135. The van der Waals surface area contributed by atoms with Crippen LogP contribution < -0.4 is 15.5 Å². The van der Waals surface area contributed by atoms with Crippen LogP contribution in [-0.2, 0) is 16.1 Å². The molecule has 0 saturated carbocycles. The Morgan fingerprint density at radius 3 is 2.54 bits per heavy atom. The maximum absolute atomic E-state index is 14.9. The van der Waals surface area contributed by atoms with Gasteiger partial charge in [-0.15, -0.1) is 0 Å². The van der Waals surface area contributed by atoms with Crippen LogP contribution in [-0.4, -0.2) is 70.4 Å². The molecule has 3 aliphatic heterocycles. The lowest BCUT2D eigenvalue weighted by Gasteiger charge is -2.43. The quantitative estimate of drug-likeness (QED) is 0.229. The average molecular weight is 623 g/mol. The normalized spacial score (nSPS) is 25.2. The molecule has 0 spiro atoms. The number of hydrogen-bond donors (Lipinski definition) is 4. The van der Waals surface area contributed by atoms with Crippen molar-refractivity contribution in [2.45, 2.75) is 63.8 Å². The van der Waals surface area contributed by atoms with Crippen LogP contribution in [0, 0.1) is 5.41 Å². The van der Waals surface area contributed by atoms with Crippen LogP contribution >= 0.6 is 0 Å². The van der Waals surface area contributed by atoms with Gasteiger partial charge in [0.25, 0.3) is 0 Å². The molecule has 5 atom stereocenters. The predicted molar refractivity (Wildman–Crippen MR) is 177 cm³/mol. The summed E-state index contributed by atoms with van der Waals surface area (Å²) in [7, 11) is 0. The van der Waals surface area contributed by atoms with Crippen LogP contribution in [0.4, 0.5) is 10.5 Å². The summed E-state index contributed by atoms with van der Waals surface area (Å²) in [5.41, 5.74) is 5.29. The van der Waals surface area contributed by atoms with E-state index in [-0.39, 0.29) is 29.4 Å². The molecule has 10 heteroatoms. The van der Waals surface area contributed by atoms with Gasteiger partial charge in [-0.25, -0.2) is 9.78 Å². The van der Waals surface area contributed by atoms with Gasteiger partial charge < -0.3 is 35.3 Å². The average Bonchev–Trinajstić information content (AvgIpc) is 3.69. The monoisotopic (exact) mass is 622 g/mol. The SMILES string of the molecule is CC(C)(C)C1C(NC2c3ccccc3N(Cc3ccccc3)C(=O)C2c2nc3c(C4COCCN4)cccc3[nH]2)CCN1C(=O)O. The largest absolute Gasteiger partial charge is 0.465 e. The Bertz CT molecular complexity index is 1730. The summed E-state index contributed by atoms with van der Waals surface area (Å²) in [6, 6.07) is 23.3. The number of anilines is 1. The lowest BCUT2D eigenvalue weighted by atomic mass is 9.80. The second-order valence-electron chi connectivity index (χ2n) is 13.7. The van der Waals surface area contributed by atoms with Gasteiger partial charge in [-0.3, -0.25) is 4.79 Å². The molecule has 1 aromatic heterocycles. The molecule has 240 valence electrons. The number of nitrogens with zero attached hydrogens (tertiary/aromatic N) is 3. The van der Waals surface area contributed by atoms with Crippen molar-refractivity contribution in [3.63, 3.8) is 0 Å². The first-order valence-corrected chi connectivity index (χ1v) is 16.2. The minimum Gasteiger partial charge on any atom is -0.465 e. The highest BCUT2D eigenvalue weighted by atomic mass is 16.5. The molecule has 46 heavy (non-hydrogen) atoms. The Balaban J connectivity index is 1.34. The molecule has 0 bridgehead atoms. The standard InChI is InChI=1S/C36H42N6O4/c1-36(2,3)32-26(16-18-41(32)35(44)45)38-31-24-12-7-8-15-28(24)42(20-22-10-5-4-6-11-22)34(43)29(31)33-39-25-14-9-13-23(30(25)40-33)27-21-46-19-17-37-27/h4-15,26-27,29,31-32,37-38H,16-21H2,1-3H3,(H,39,40)(H,44,45). The third-order valence-corrected chi connectivity index (χ3v) is 9.69. The summed E-state index contributed by atoms with van der Waals surface area (Å²) in [5, 5.41) is 17.5. The van der Waals surface area contributed by atoms with Crippen LogP contribution in [0.3, 0.4) is 0 Å². The summed E-state index contributed by atoms with van der Waals surface area (Å²) in [4.78, 5) is 39.3. The number of likely N-dealkylation sites (tertiary alicyclic amines) is 1. The first-order chi connectivity index (χ1) is 22.2. The number of hydrogen-bond acceptors (Lipinski definition) is 6. The van der Waals surface area contributed by atoms with Gasteiger partial charge in [0.05, 0.1) is 48.9 Å². The molecular weight excluding hydrogens is 580 g/mol. The number of morpholine rings is 1. The van der Waals surface area contributed by atoms with E-state index in [0.717, 1.165) is 40.0 Å². The minimum atomic E-state index is -0.917. The number of carboxylic acid groups (broad SMARTS) is 1. The molecule has 0 aliphatic carbocycles. The number of benzene rings is 3. The molecule has 4 aromatic rings. The Kier molecular flexibility index (Phi) is 8.04. The van der Waals surface area contributed by atoms with Gasteiger partial charge in [0.2, 0.25) is 5.91 Å².